The molecule has 2 N–H and O–H groups in total. The Morgan fingerprint density at radius 2 is 2.45 bits per heavy atom. The Labute approximate surface area is 64.9 Å². The van der Waals surface area contributed by atoms with Crippen molar-refractivity contribution in [3.05, 3.63) is 12.4 Å². The van der Waals surface area contributed by atoms with Gasteiger partial charge >= 0.3 is 0 Å². The number of rotatable bonds is 2. The maximum atomic E-state index is 5.62. The van der Waals surface area contributed by atoms with Crippen molar-refractivity contribution in [1.82, 2.24) is 15.5 Å². The quantitative estimate of drug-likeness (QED) is 0.636. The van der Waals surface area contributed by atoms with E-state index in [1.165, 1.54) is 0 Å². The third-order valence-corrected chi connectivity index (χ3v) is 1.84. The first-order valence-corrected chi connectivity index (χ1v) is 3.67. The Kier molecular flexibility index (Phi) is 1.35. The fourth-order valence-corrected chi connectivity index (χ4v) is 1.13. The molecule has 2 rings (SSSR count). The molecule has 0 aromatic carbocycles. The van der Waals surface area contributed by atoms with E-state index >= 15 is 0 Å². The molecule has 1 saturated heterocycles. The Morgan fingerprint density at radius 3 is 2.91 bits per heavy atom. The second-order valence-corrected chi connectivity index (χ2v) is 3.09. The average molecular weight is 153 g/mol. The van der Waals surface area contributed by atoms with Gasteiger partial charge in [-0.1, -0.05) is 0 Å². The van der Waals surface area contributed by atoms with Crippen LogP contribution in [0.5, 0.6) is 5.75 Å². The van der Waals surface area contributed by atoms with E-state index in [2.05, 4.69) is 22.4 Å². The minimum Gasteiger partial charge on any atom is -0.482 e. The monoisotopic (exact) mass is 153 g/mol. The lowest BCUT2D eigenvalue weighted by atomic mass is 10.0. The second kappa shape index (κ2) is 2.23. The van der Waals surface area contributed by atoms with Gasteiger partial charge in [-0.15, -0.1) is 0 Å². The van der Waals surface area contributed by atoms with Crippen molar-refractivity contribution in [3.63, 3.8) is 0 Å². The normalized spacial score (nSPS) is 20.8. The van der Waals surface area contributed by atoms with Crippen LogP contribution in [0.15, 0.2) is 12.4 Å². The molecule has 0 bridgehead atoms. The number of H-pyrrole nitrogens is 1. The Morgan fingerprint density at radius 1 is 1.64 bits per heavy atom. The molecule has 0 saturated carbocycles. The van der Waals surface area contributed by atoms with E-state index in [1.54, 1.807) is 12.4 Å². The lowest BCUT2D eigenvalue weighted by Gasteiger charge is -2.38. The van der Waals surface area contributed by atoms with Crippen LogP contribution in [0.4, 0.5) is 0 Å². The topological polar surface area (TPSA) is 49.9 Å². The molecule has 1 aliphatic heterocycles. The fourth-order valence-electron chi connectivity index (χ4n) is 1.13. The summed E-state index contributed by atoms with van der Waals surface area (Å²) in [5.74, 6) is 0.814. The minimum absolute atomic E-state index is 0.0239. The molecular weight excluding hydrogens is 142 g/mol. The number of aromatic nitrogens is 2. The van der Waals surface area contributed by atoms with E-state index in [1.807, 2.05) is 0 Å². The smallest absolute Gasteiger partial charge is 0.157 e. The van der Waals surface area contributed by atoms with Crippen LogP contribution in [0.1, 0.15) is 6.92 Å². The van der Waals surface area contributed by atoms with Crippen LogP contribution >= 0.6 is 0 Å². The van der Waals surface area contributed by atoms with Crippen molar-refractivity contribution < 1.29 is 4.74 Å². The summed E-state index contributed by atoms with van der Waals surface area (Å²) in [5, 5.41) is 9.66. The predicted octanol–water partition coefficient (Wildman–Crippen LogP) is 0.150. The van der Waals surface area contributed by atoms with Crippen LogP contribution in [-0.2, 0) is 0 Å². The fraction of sp³-hybridized carbons (Fsp3) is 0.571. The standard InChI is InChI=1S/C7H11N3O/c1-7(4-8-5-7)11-6-2-9-10-3-6/h2-3,8H,4-5H2,1H3,(H,9,10). The lowest BCUT2D eigenvalue weighted by Crippen LogP contribution is -2.60. The molecule has 0 atom stereocenters. The predicted molar refractivity (Wildman–Crippen MR) is 40.5 cm³/mol. The van der Waals surface area contributed by atoms with Crippen LogP contribution < -0.4 is 10.1 Å². The molecule has 11 heavy (non-hydrogen) atoms. The van der Waals surface area contributed by atoms with E-state index in [-0.39, 0.29) is 5.60 Å². The third kappa shape index (κ3) is 1.21. The molecule has 4 heteroatoms. The van der Waals surface area contributed by atoms with Crippen LogP contribution in [-0.4, -0.2) is 28.9 Å². The minimum atomic E-state index is -0.0239. The second-order valence-electron chi connectivity index (χ2n) is 3.09. The van der Waals surface area contributed by atoms with Crippen molar-refractivity contribution in [2.75, 3.05) is 13.1 Å². The molecule has 2 heterocycles. The van der Waals surface area contributed by atoms with Crippen molar-refractivity contribution in [2.24, 2.45) is 0 Å². The van der Waals surface area contributed by atoms with E-state index in [0.29, 0.717) is 0 Å². The number of hydrogen-bond donors (Lipinski definition) is 2. The van der Waals surface area contributed by atoms with Crippen LogP contribution in [0.2, 0.25) is 0 Å². The largest absolute Gasteiger partial charge is 0.482 e. The highest BCUT2D eigenvalue weighted by Gasteiger charge is 2.33. The van der Waals surface area contributed by atoms with E-state index in [0.717, 1.165) is 18.8 Å². The van der Waals surface area contributed by atoms with Crippen LogP contribution in [0, 0.1) is 0 Å². The summed E-state index contributed by atoms with van der Waals surface area (Å²) < 4.78 is 5.62. The molecule has 0 radical (unpaired) electrons. The molecule has 0 spiro atoms. The van der Waals surface area contributed by atoms with Gasteiger partial charge in [0.2, 0.25) is 0 Å². The summed E-state index contributed by atoms with van der Waals surface area (Å²) in [4.78, 5) is 0. The molecule has 1 aliphatic rings. The van der Waals surface area contributed by atoms with E-state index < -0.39 is 0 Å². The van der Waals surface area contributed by atoms with Gasteiger partial charge in [-0.25, -0.2) is 0 Å². The third-order valence-electron chi connectivity index (χ3n) is 1.84. The Balaban J connectivity index is 2.00. The molecule has 1 aromatic rings. The van der Waals surface area contributed by atoms with Crippen molar-refractivity contribution >= 4 is 0 Å². The molecule has 0 amide bonds. The lowest BCUT2D eigenvalue weighted by molar-refractivity contribution is 0.0349. The molecule has 4 nitrogen and oxygen atoms in total. The molecule has 1 aromatic heterocycles. The Bertz CT molecular complexity index is 228. The van der Waals surface area contributed by atoms with Crippen molar-refractivity contribution in [3.8, 4) is 5.75 Å². The maximum Gasteiger partial charge on any atom is 0.157 e. The van der Waals surface area contributed by atoms with Gasteiger partial charge < -0.3 is 10.1 Å². The summed E-state index contributed by atoms with van der Waals surface area (Å²) in [7, 11) is 0. The van der Waals surface area contributed by atoms with E-state index in [9.17, 15) is 0 Å². The van der Waals surface area contributed by atoms with Crippen LogP contribution in [0.25, 0.3) is 0 Å². The number of ether oxygens (including phenoxy) is 1. The zero-order valence-corrected chi connectivity index (χ0v) is 6.42. The highest BCUT2D eigenvalue weighted by Crippen LogP contribution is 2.19. The highest BCUT2D eigenvalue weighted by atomic mass is 16.5. The zero-order valence-electron chi connectivity index (χ0n) is 6.42. The van der Waals surface area contributed by atoms with Gasteiger partial charge in [0, 0.05) is 13.1 Å². The molecule has 0 aliphatic carbocycles. The maximum absolute atomic E-state index is 5.62. The SMILES string of the molecule is CC1(Oc2cn[nH]c2)CNC1. The first kappa shape index (κ1) is 6.67. The summed E-state index contributed by atoms with van der Waals surface area (Å²) in [5.41, 5.74) is -0.0239. The highest BCUT2D eigenvalue weighted by molar-refractivity contribution is 5.13. The number of hydrogen-bond acceptors (Lipinski definition) is 3. The van der Waals surface area contributed by atoms with Gasteiger partial charge in [0.05, 0.1) is 12.4 Å². The summed E-state index contributed by atoms with van der Waals surface area (Å²) in [6, 6.07) is 0. The number of aromatic amines is 1. The van der Waals surface area contributed by atoms with Crippen molar-refractivity contribution in [1.29, 1.82) is 0 Å². The molecule has 1 fully saturated rings. The van der Waals surface area contributed by atoms with Crippen molar-refractivity contribution in [2.45, 2.75) is 12.5 Å². The Hall–Kier alpha value is -1.03. The average Bonchev–Trinajstić information content (AvgIpc) is 2.36. The molecule has 0 unspecified atom stereocenters. The molecule has 60 valence electrons. The first-order valence-electron chi connectivity index (χ1n) is 3.67. The summed E-state index contributed by atoms with van der Waals surface area (Å²) in [6.07, 6.45) is 3.44. The van der Waals surface area contributed by atoms with Gasteiger partial charge in [-0.3, -0.25) is 5.10 Å². The van der Waals surface area contributed by atoms with Gasteiger partial charge in [-0.05, 0) is 6.92 Å². The van der Waals surface area contributed by atoms with Gasteiger partial charge in [0.1, 0.15) is 5.60 Å². The first-order chi connectivity index (χ1) is 5.29. The summed E-state index contributed by atoms with van der Waals surface area (Å²) >= 11 is 0. The van der Waals surface area contributed by atoms with Gasteiger partial charge in [0.15, 0.2) is 5.75 Å². The summed E-state index contributed by atoms with van der Waals surface area (Å²) in [6.45, 7) is 3.91. The van der Waals surface area contributed by atoms with Gasteiger partial charge in [0.25, 0.3) is 0 Å². The molecular formula is C7H11N3O. The zero-order chi connectivity index (χ0) is 7.73. The van der Waals surface area contributed by atoms with Crippen LogP contribution in [0.3, 0.4) is 0 Å². The number of nitrogens with one attached hydrogen (secondary N) is 2. The van der Waals surface area contributed by atoms with E-state index in [4.69, 9.17) is 4.74 Å². The van der Waals surface area contributed by atoms with Gasteiger partial charge in [-0.2, -0.15) is 5.10 Å². The number of nitrogens with zero attached hydrogens (tertiary/aromatic N) is 1.